The first kappa shape index (κ1) is 33.6. The molecule has 1 amide bonds. The van der Waals surface area contributed by atoms with Crippen LogP contribution in [-0.2, 0) is 14.4 Å². The molecule has 0 radical (unpaired) electrons. The lowest BCUT2D eigenvalue weighted by Gasteiger charge is -2.33. The van der Waals surface area contributed by atoms with E-state index in [0.717, 1.165) is 29.3 Å². The number of fused-ring (bicyclic) bond motifs is 1. The van der Waals surface area contributed by atoms with Crippen LogP contribution < -0.4 is 16.8 Å². The van der Waals surface area contributed by atoms with Crippen LogP contribution in [0.3, 0.4) is 0 Å². The second-order valence-electron chi connectivity index (χ2n) is 10.3. The number of rotatable bonds is 12. The van der Waals surface area contributed by atoms with Gasteiger partial charge in [-0.3, -0.25) is 4.79 Å². The smallest absolute Gasteiger partial charge is 0.480 e. The number of amides is 1. The quantitative estimate of drug-likeness (QED) is 0.245. The van der Waals surface area contributed by atoms with Gasteiger partial charge in [-0.15, -0.1) is 0 Å². The summed E-state index contributed by atoms with van der Waals surface area (Å²) >= 11 is 0. The Balaban J connectivity index is 0.000000956. The predicted octanol–water partition coefficient (Wildman–Crippen LogP) is 4.06. The summed E-state index contributed by atoms with van der Waals surface area (Å²) in [4.78, 5) is 35.7. The number of aliphatic carboxylic acids is 2. The number of carboxylic acid groups (broad SMARTS) is 2. The molecule has 0 saturated heterocycles. The summed E-state index contributed by atoms with van der Waals surface area (Å²) in [5.41, 5.74) is 12.5. The minimum Gasteiger partial charge on any atom is -0.480 e. The van der Waals surface area contributed by atoms with Crippen molar-refractivity contribution in [2.45, 2.75) is 64.7 Å². The molecule has 0 heterocycles. The molecule has 0 spiro atoms. The Morgan fingerprint density at radius 1 is 1.00 bits per heavy atom. The molecule has 0 aliphatic rings. The van der Waals surface area contributed by atoms with Gasteiger partial charge in [0.05, 0.1) is 6.04 Å². The molecular weight excluding hydrogens is 517 g/mol. The molecule has 7 N–H and O–H groups in total. The van der Waals surface area contributed by atoms with Crippen LogP contribution in [0.1, 0.15) is 46.5 Å². The maximum Gasteiger partial charge on any atom is 0.490 e. The van der Waals surface area contributed by atoms with Crippen molar-refractivity contribution >= 4 is 34.3 Å². The van der Waals surface area contributed by atoms with Crippen molar-refractivity contribution < 1.29 is 37.8 Å². The van der Waals surface area contributed by atoms with Gasteiger partial charge in [0.15, 0.2) is 0 Å². The largest absolute Gasteiger partial charge is 0.490 e. The Hall–Kier alpha value is -3.38. The fraction of sp³-hybridized carbons (Fsp3) is 0.519. The standard InChI is InChI=1S/C25H38N4O3.C2HF3O2/c1-25(2,3)13-15-29(23(30)21(27)10-6-7-14-26)22(24(31)32)17-28-20-12-11-18-8-4-5-9-19(18)16-20;3-2(4,5)1(6)7/h4-5,8-9,11-12,16,21-22,28H,6-7,10,13-15,17,26-27H2,1-3H3,(H,31,32);(H,6,7)/t21-,22+;/m1./s1. The fourth-order valence-electron chi connectivity index (χ4n) is 3.57. The molecule has 0 bridgehead atoms. The lowest BCUT2D eigenvalue weighted by Crippen LogP contribution is -2.54. The van der Waals surface area contributed by atoms with E-state index in [4.69, 9.17) is 21.4 Å². The first-order valence-electron chi connectivity index (χ1n) is 12.6. The van der Waals surface area contributed by atoms with Crippen molar-refractivity contribution in [1.29, 1.82) is 0 Å². The summed E-state index contributed by atoms with van der Waals surface area (Å²) in [6, 6.07) is 12.1. The topological polar surface area (TPSA) is 159 Å². The van der Waals surface area contributed by atoms with Crippen LogP contribution in [0, 0.1) is 5.41 Å². The summed E-state index contributed by atoms with van der Waals surface area (Å²) in [5.74, 6) is -4.12. The highest BCUT2D eigenvalue weighted by atomic mass is 19.4. The van der Waals surface area contributed by atoms with Gasteiger partial charge in [0.2, 0.25) is 5.91 Å². The van der Waals surface area contributed by atoms with E-state index in [-0.39, 0.29) is 17.9 Å². The van der Waals surface area contributed by atoms with Crippen molar-refractivity contribution in [3.05, 3.63) is 42.5 Å². The third kappa shape index (κ3) is 12.3. The van der Waals surface area contributed by atoms with Crippen LogP contribution in [0.4, 0.5) is 18.9 Å². The molecule has 0 aliphatic heterocycles. The maximum atomic E-state index is 13.2. The number of carboxylic acids is 2. The van der Waals surface area contributed by atoms with Crippen LogP contribution in [0.5, 0.6) is 0 Å². The van der Waals surface area contributed by atoms with Crippen molar-refractivity contribution in [2.75, 3.05) is 25.0 Å². The molecule has 0 unspecified atom stereocenters. The van der Waals surface area contributed by atoms with Crippen LogP contribution in [0.15, 0.2) is 42.5 Å². The van der Waals surface area contributed by atoms with Gasteiger partial charge in [-0.25, -0.2) is 9.59 Å². The molecule has 2 atom stereocenters. The zero-order chi connectivity index (χ0) is 29.8. The number of halogens is 3. The number of alkyl halides is 3. The van der Waals surface area contributed by atoms with Crippen molar-refractivity contribution in [3.63, 3.8) is 0 Å². The van der Waals surface area contributed by atoms with E-state index in [2.05, 4.69) is 26.1 Å². The van der Waals surface area contributed by atoms with E-state index >= 15 is 0 Å². The highest BCUT2D eigenvalue weighted by Crippen LogP contribution is 2.22. The Kier molecular flexibility index (Phi) is 13.2. The van der Waals surface area contributed by atoms with Gasteiger partial charge >= 0.3 is 18.1 Å². The van der Waals surface area contributed by atoms with E-state index in [1.165, 1.54) is 4.90 Å². The number of unbranched alkanes of at least 4 members (excludes halogenated alkanes) is 1. The fourth-order valence-corrected chi connectivity index (χ4v) is 3.57. The van der Waals surface area contributed by atoms with Crippen molar-refractivity contribution in [1.82, 2.24) is 4.90 Å². The molecule has 218 valence electrons. The summed E-state index contributed by atoms with van der Waals surface area (Å²) in [6.07, 6.45) is -2.39. The molecule has 2 aromatic rings. The number of carbonyl (C=O) groups is 3. The Morgan fingerprint density at radius 2 is 1.59 bits per heavy atom. The summed E-state index contributed by atoms with van der Waals surface area (Å²) in [7, 11) is 0. The van der Waals surface area contributed by atoms with E-state index in [0.29, 0.717) is 25.9 Å². The number of nitrogens with two attached hydrogens (primary N) is 2. The maximum absolute atomic E-state index is 13.2. The number of carbonyl (C=O) groups excluding carboxylic acids is 1. The Morgan fingerprint density at radius 3 is 2.10 bits per heavy atom. The molecule has 0 aliphatic carbocycles. The first-order valence-corrected chi connectivity index (χ1v) is 12.6. The zero-order valence-electron chi connectivity index (χ0n) is 22.5. The number of nitrogens with one attached hydrogen (secondary N) is 1. The summed E-state index contributed by atoms with van der Waals surface area (Å²) in [6.45, 7) is 7.18. The monoisotopic (exact) mass is 556 g/mol. The number of nitrogens with zero attached hydrogens (tertiary/aromatic N) is 1. The van der Waals surface area contributed by atoms with Gasteiger partial charge in [-0.1, -0.05) is 57.5 Å². The van der Waals surface area contributed by atoms with Crippen LogP contribution in [0.2, 0.25) is 0 Å². The van der Waals surface area contributed by atoms with Gasteiger partial charge < -0.3 is 31.9 Å². The molecule has 0 saturated carbocycles. The van der Waals surface area contributed by atoms with Crippen LogP contribution >= 0.6 is 0 Å². The van der Waals surface area contributed by atoms with Gasteiger partial charge in [0, 0.05) is 18.8 Å². The second-order valence-corrected chi connectivity index (χ2v) is 10.3. The minimum atomic E-state index is -5.08. The zero-order valence-corrected chi connectivity index (χ0v) is 22.5. The summed E-state index contributed by atoms with van der Waals surface area (Å²) in [5, 5.41) is 22.5. The number of anilines is 1. The molecule has 2 aromatic carbocycles. The molecule has 0 aromatic heterocycles. The van der Waals surface area contributed by atoms with Crippen molar-refractivity contribution in [2.24, 2.45) is 16.9 Å². The van der Waals surface area contributed by atoms with E-state index in [1.807, 2.05) is 42.5 Å². The number of benzene rings is 2. The third-order valence-corrected chi connectivity index (χ3v) is 5.83. The third-order valence-electron chi connectivity index (χ3n) is 5.83. The van der Waals surface area contributed by atoms with Crippen LogP contribution in [-0.4, -0.2) is 70.9 Å². The van der Waals surface area contributed by atoms with E-state index in [1.54, 1.807) is 0 Å². The lowest BCUT2D eigenvalue weighted by molar-refractivity contribution is -0.192. The normalized spacial score (nSPS) is 13.1. The number of hydrogen-bond donors (Lipinski definition) is 5. The SMILES string of the molecule is CC(C)(C)CCN(C(=O)[C@H](N)CCCCN)[C@@H](CNc1ccc2ccccc2c1)C(=O)O.O=C(O)C(F)(F)F. The predicted molar refractivity (Wildman–Crippen MR) is 144 cm³/mol. The van der Waals surface area contributed by atoms with Gasteiger partial charge in [0.1, 0.15) is 6.04 Å². The van der Waals surface area contributed by atoms with Gasteiger partial charge in [0.25, 0.3) is 0 Å². The van der Waals surface area contributed by atoms with Crippen molar-refractivity contribution in [3.8, 4) is 0 Å². The second kappa shape index (κ2) is 15.3. The minimum absolute atomic E-state index is 0.0446. The van der Waals surface area contributed by atoms with Gasteiger partial charge in [-0.05, 0) is 54.1 Å². The summed E-state index contributed by atoms with van der Waals surface area (Å²) < 4.78 is 31.7. The lowest BCUT2D eigenvalue weighted by atomic mass is 9.91. The molecular formula is C27H39F3N4O5. The van der Waals surface area contributed by atoms with E-state index in [9.17, 15) is 27.9 Å². The Labute approximate surface area is 226 Å². The molecule has 0 fully saturated rings. The average Bonchev–Trinajstić information content (AvgIpc) is 2.84. The average molecular weight is 557 g/mol. The van der Waals surface area contributed by atoms with Gasteiger partial charge in [-0.2, -0.15) is 13.2 Å². The molecule has 12 heteroatoms. The highest BCUT2D eigenvalue weighted by Gasteiger charge is 2.38. The van der Waals surface area contributed by atoms with E-state index < -0.39 is 30.2 Å². The molecule has 9 nitrogen and oxygen atoms in total. The molecule has 2 rings (SSSR count). The number of hydrogen-bond acceptors (Lipinski definition) is 6. The Bertz CT molecular complexity index is 1090. The highest BCUT2D eigenvalue weighted by molar-refractivity contribution is 5.88. The first-order chi connectivity index (χ1) is 18.1. The molecule has 39 heavy (non-hydrogen) atoms. The van der Waals surface area contributed by atoms with Crippen LogP contribution in [0.25, 0.3) is 10.8 Å².